The van der Waals surface area contributed by atoms with Crippen molar-refractivity contribution in [1.29, 1.82) is 0 Å². The Kier molecular flexibility index (Phi) is 6.28. The minimum Gasteiger partial charge on any atom is -0.383 e. The lowest BCUT2D eigenvalue weighted by Crippen LogP contribution is -2.37. The predicted molar refractivity (Wildman–Crippen MR) is 76.6 cm³/mol. The number of amides is 1. The van der Waals surface area contributed by atoms with E-state index in [9.17, 15) is 19.7 Å². The van der Waals surface area contributed by atoms with Gasteiger partial charge in [-0.25, -0.2) is 0 Å². The van der Waals surface area contributed by atoms with Crippen LogP contribution in [0, 0.1) is 10.1 Å². The second kappa shape index (κ2) is 7.95. The van der Waals surface area contributed by atoms with Crippen LogP contribution in [0.15, 0.2) is 18.2 Å². The summed E-state index contributed by atoms with van der Waals surface area (Å²) in [4.78, 5) is 34.4. The highest BCUT2D eigenvalue weighted by atomic mass is 16.6. The summed E-state index contributed by atoms with van der Waals surface area (Å²) in [6.45, 7) is 0.832. The molecule has 0 unspecified atom stereocenters. The predicted octanol–water partition coefficient (Wildman–Crippen LogP) is 0.606. The summed E-state index contributed by atoms with van der Waals surface area (Å²) in [5.41, 5.74) is 0.452. The Bertz CT molecular complexity index is 533. The highest BCUT2D eigenvalue weighted by molar-refractivity contribution is 5.88. The van der Waals surface area contributed by atoms with Gasteiger partial charge in [0.1, 0.15) is 0 Å². The molecule has 0 fully saturated rings. The van der Waals surface area contributed by atoms with Gasteiger partial charge in [0.2, 0.25) is 5.91 Å². The van der Waals surface area contributed by atoms with Crippen molar-refractivity contribution in [3.63, 3.8) is 0 Å². The molecule has 1 aromatic rings. The number of anilines is 1. The summed E-state index contributed by atoms with van der Waals surface area (Å²) in [5, 5.41) is 13.3. The largest absolute Gasteiger partial charge is 0.383 e. The van der Waals surface area contributed by atoms with Gasteiger partial charge in [-0.1, -0.05) is 0 Å². The van der Waals surface area contributed by atoms with Crippen molar-refractivity contribution in [1.82, 2.24) is 5.32 Å². The van der Waals surface area contributed by atoms with Crippen LogP contribution in [-0.2, 0) is 9.53 Å². The smallest absolute Gasteiger partial charge is 0.270 e. The molecule has 8 nitrogen and oxygen atoms in total. The summed E-state index contributed by atoms with van der Waals surface area (Å²) in [5.74, 6) is -0.232. The zero-order chi connectivity index (χ0) is 15.8. The van der Waals surface area contributed by atoms with Crippen LogP contribution in [0.3, 0.4) is 0 Å². The Morgan fingerprint density at radius 2 is 2.24 bits per heavy atom. The monoisotopic (exact) mass is 295 g/mol. The van der Waals surface area contributed by atoms with Gasteiger partial charge in [-0.15, -0.1) is 0 Å². The maximum atomic E-state index is 11.7. The zero-order valence-electron chi connectivity index (χ0n) is 11.9. The fraction of sp³-hybridized carbons (Fsp3) is 0.385. The van der Waals surface area contributed by atoms with Gasteiger partial charge in [-0.05, 0) is 6.07 Å². The minimum atomic E-state index is -0.575. The molecule has 0 saturated heterocycles. The van der Waals surface area contributed by atoms with Crippen molar-refractivity contribution in [3.8, 4) is 0 Å². The number of rotatable bonds is 8. The minimum absolute atomic E-state index is 0.0301. The van der Waals surface area contributed by atoms with Crippen molar-refractivity contribution < 1.29 is 19.2 Å². The third-order valence-electron chi connectivity index (χ3n) is 2.77. The first-order valence-electron chi connectivity index (χ1n) is 6.20. The molecule has 0 spiro atoms. The molecule has 1 N–H and O–H groups in total. The van der Waals surface area contributed by atoms with Crippen LogP contribution in [0.2, 0.25) is 0 Å². The number of non-ortho nitro benzene ring substituents is 1. The van der Waals surface area contributed by atoms with Crippen LogP contribution in [0.1, 0.15) is 10.4 Å². The van der Waals surface area contributed by atoms with Crippen LogP contribution < -0.4 is 10.2 Å². The van der Waals surface area contributed by atoms with Gasteiger partial charge < -0.3 is 15.0 Å². The summed E-state index contributed by atoms with van der Waals surface area (Å²) in [6, 6.07) is 3.92. The number of likely N-dealkylation sites (N-methyl/N-ethyl adjacent to an activating group) is 1. The van der Waals surface area contributed by atoms with E-state index in [1.807, 2.05) is 0 Å². The van der Waals surface area contributed by atoms with E-state index >= 15 is 0 Å². The van der Waals surface area contributed by atoms with Crippen LogP contribution in [-0.4, -0.2) is 51.0 Å². The summed E-state index contributed by atoms with van der Waals surface area (Å²) >= 11 is 0. The molecule has 21 heavy (non-hydrogen) atoms. The molecule has 0 atom stereocenters. The molecular formula is C13H17N3O5. The summed E-state index contributed by atoms with van der Waals surface area (Å²) < 4.78 is 4.82. The molecule has 0 saturated carbocycles. The van der Waals surface area contributed by atoms with E-state index in [4.69, 9.17) is 4.74 Å². The van der Waals surface area contributed by atoms with Gasteiger partial charge in [0, 0.05) is 44.1 Å². The second-order valence-electron chi connectivity index (χ2n) is 4.32. The molecule has 0 heterocycles. The quantitative estimate of drug-likeness (QED) is 0.326. The van der Waals surface area contributed by atoms with Crippen molar-refractivity contribution in [3.05, 3.63) is 33.9 Å². The van der Waals surface area contributed by atoms with Crippen LogP contribution in [0.5, 0.6) is 0 Å². The zero-order valence-corrected chi connectivity index (χ0v) is 11.9. The number of nitrogens with zero attached hydrogens (tertiary/aromatic N) is 2. The fourth-order valence-corrected chi connectivity index (χ4v) is 1.75. The van der Waals surface area contributed by atoms with Gasteiger partial charge in [0.05, 0.1) is 18.1 Å². The molecule has 1 amide bonds. The molecular weight excluding hydrogens is 278 g/mol. The number of nitro groups is 1. The standard InChI is InChI=1S/C13H17N3O5/c1-15(8-13(18)14-5-6-21-2)12-4-3-11(16(19)20)7-10(12)9-17/h3-4,7,9H,5-6,8H2,1-2H3,(H,14,18). The lowest BCUT2D eigenvalue weighted by molar-refractivity contribution is -0.384. The highest BCUT2D eigenvalue weighted by Gasteiger charge is 2.15. The third-order valence-corrected chi connectivity index (χ3v) is 2.77. The number of carbonyl (C=O) groups is 2. The van der Waals surface area contributed by atoms with E-state index in [1.165, 1.54) is 25.3 Å². The van der Waals surface area contributed by atoms with Crippen molar-refractivity contribution in [2.45, 2.75) is 0 Å². The molecule has 0 radical (unpaired) electrons. The first-order valence-corrected chi connectivity index (χ1v) is 6.20. The number of methoxy groups -OCH3 is 1. The van der Waals surface area contributed by atoms with Crippen LogP contribution in [0.4, 0.5) is 11.4 Å². The van der Waals surface area contributed by atoms with Gasteiger partial charge >= 0.3 is 0 Å². The maximum absolute atomic E-state index is 11.7. The van der Waals surface area contributed by atoms with Gasteiger partial charge in [-0.3, -0.25) is 19.7 Å². The molecule has 0 aliphatic heterocycles. The number of aldehydes is 1. The van der Waals surface area contributed by atoms with E-state index in [2.05, 4.69) is 5.32 Å². The first kappa shape index (κ1) is 16.6. The molecule has 0 aliphatic carbocycles. The van der Waals surface area contributed by atoms with E-state index in [0.29, 0.717) is 25.1 Å². The lowest BCUT2D eigenvalue weighted by Gasteiger charge is -2.20. The second-order valence-corrected chi connectivity index (χ2v) is 4.32. The van der Waals surface area contributed by atoms with E-state index < -0.39 is 4.92 Å². The summed E-state index contributed by atoms with van der Waals surface area (Å²) in [7, 11) is 3.16. The number of nitro benzene ring substituents is 1. The van der Waals surface area contributed by atoms with E-state index in [0.717, 1.165) is 0 Å². The first-order chi connectivity index (χ1) is 9.99. The average Bonchev–Trinajstić information content (AvgIpc) is 2.46. The van der Waals surface area contributed by atoms with Crippen molar-refractivity contribution in [2.75, 3.05) is 38.8 Å². The van der Waals surface area contributed by atoms with Crippen LogP contribution in [0.25, 0.3) is 0 Å². The molecule has 8 heteroatoms. The number of ether oxygens (including phenoxy) is 1. The Hall–Kier alpha value is -2.48. The molecule has 1 rings (SSSR count). The van der Waals surface area contributed by atoms with Crippen molar-refractivity contribution in [2.24, 2.45) is 0 Å². The number of carbonyl (C=O) groups excluding carboxylic acids is 2. The normalized spacial score (nSPS) is 10.0. The van der Waals surface area contributed by atoms with Gasteiger partial charge in [0.25, 0.3) is 5.69 Å². The Labute approximate surface area is 121 Å². The Balaban J connectivity index is 2.77. The summed E-state index contributed by atoms with van der Waals surface area (Å²) in [6.07, 6.45) is 0.529. The molecule has 114 valence electrons. The highest BCUT2D eigenvalue weighted by Crippen LogP contribution is 2.23. The van der Waals surface area contributed by atoms with Crippen LogP contribution >= 0.6 is 0 Å². The topological polar surface area (TPSA) is 102 Å². The van der Waals surface area contributed by atoms with Gasteiger partial charge in [0.15, 0.2) is 6.29 Å². The molecule has 0 bridgehead atoms. The fourth-order valence-electron chi connectivity index (χ4n) is 1.75. The SMILES string of the molecule is COCCNC(=O)CN(C)c1ccc([N+](=O)[O-])cc1C=O. The average molecular weight is 295 g/mol. The number of hydrogen-bond acceptors (Lipinski definition) is 6. The van der Waals surface area contributed by atoms with Crippen molar-refractivity contribution >= 4 is 23.6 Å². The van der Waals surface area contributed by atoms with Gasteiger partial charge in [-0.2, -0.15) is 0 Å². The Morgan fingerprint density at radius 1 is 1.52 bits per heavy atom. The Morgan fingerprint density at radius 3 is 2.81 bits per heavy atom. The number of benzene rings is 1. The molecule has 0 aromatic heterocycles. The molecule has 1 aromatic carbocycles. The maximum Gasteiger partial charge on any atom is 0.270 e. The third kappa shape index (κ3) is 4.84. The number of nitrogens with one attached hydrogen (secondary N) is 1. The van der Waals surface area contributed by atoms with E-state index in [-0.39, 0.29) is 23.7 Å². The number of hydrogen-bond donors (Lipinski definition) is 1. The molecule has 0 aliphatic rings. The lowest BCUT2D eigenvalue weighted by atomic mass is 10.1. The van der Waals surface area contributed by atoms with E-state index in [1.54, 1.807) is 11.9 Å².